The van der Waals surface area contributed by atoms with Gasteiger partial charge in [0.25, 0.3) is 11.1 Å². The fourth-order valence-corrected chi connectivity index (χ4v) is 3.16. The fraction of sp³-hybridized carbons (Fsp3) is 0.105. The monoisotopic (exact) mass is 386 g/mol. The zero-order valence-electron chi connectivity index (χ0n) is 14.1. The van der Waals surface area contributed by atoms with Crippen LogP contribution in [0.4, 0.5) is 9.18 Å². The van der Waals surface area contributed by atoms with Gasteiger partial charge >= 0.3 is 0 Å². The van der Waals surface area contributed by atoms with E-state index >= 15 is 0 Å². The number of rotatable bonds is 6. The van der Waals surface area contributed by atoms with E-state index in [1.807, 2.05) is 0 Å². The summed E-state index contributed by atoms with van der Waals surface area (Å²) in [6.07, 6.45) is 5.86. The lowest BCUT2D eigenvalue weighted by Crippen LogP contribution is -2.36. The standard InChI is InChI=1S/C19H15FN2O4S/c20-14-5-3-13(4-6-14)12-16-18(24)22(19(25)27-16)10-9-21-17(23)8-7-15-2-1-11-26-15/h1-8,11-12H,9-10H2,(H,21,23). The van der Waals surface area contributed by atoms with Crippen molar-refractivity contribution < 1.29 is 23.2 Å². The van der Waals surface area contributed by atoms with Crippen molar-refractivity contribution in [3.63, 3.8) is 0 Å². The van der Waals surface area contributed by atoms with Gasteiger partial charge in [0.1, 0.15) is 11.6 Å². The number of benzene rings is 1. The molecule has 0 bridgehead atoms. The molecule has 27 heavy (non-hydrogen) atoms. The number of carbonyl (C=O) groups excluding carboxylic acids is 3. The highest BCUT2D eigenvalue weighted by Crippen LogP contribution is 2.31. The molecule has 2 heterocycles. The number of imide groups is 1. The van der Waals surface area contributed by atoms with Gasteiger partial charge in [0.15, 0.2) is 0 Å². The predicted octanol–water partition coefficient (Wildman–Crippen LogP) is 3.28. The first-order valence-electron chi connectivity index (χ1n) is 8.03. The molecule has 1 aromatic heterocycles. The Labute approximate surface area is 158 Å². The van der Waals surface area contributed by atoms with Gasteiger partial charge in [-0.05, 0) is 53.7 Å². The number of halogens is 1. The first-order valence-corrected chi connectivity index (χ1v) is 8.85. The number of nitrogens with zero attached hydrogens (tertiary/aromatic N) is 1. The van der Waals surface area contributed by atoms with E-state index in [9.17, 15) is 18.8 Å². The van der Waals surface area contributed by atoms with E-state index in [1.54, 1.807) is 12.1 Å². The maximum absolute atomic E-state index is 12.9. The summed E-state index contributed by atoms with van der Waals surface area (Å²) in [4.78, 5) is 37.4. The van der Waals surface area contributed by atoms with Crippen molar-refractivity contribution in [2.75, 3.05) is 13.1 Å². The van der Waals surface area contributed by atoms with E-state index in [2.05, 4.69) is 5.32 Å². The minimum atomic E-state index is -0.435. The Morgan fingerprint density at radius 2 is 2.00 bits per heavy atom. The molecule has 0 unspecified atom stereocenters. The quantitative estimate of drug-likeness (QED) is 0.771. The molecule has 3 amide bonds. The summed E-state index contributed by atoms with van der Waals surface area (Å²) >= 11 is 0.814. The molecule has 1 saturated heterocycles. The second-order valence-electron chi connectivity index (χ2n) is 5.52. The van der Waals surface area contributed by atoms with Crippen molar-refractivity contribution >= 4 is 41.0 Å². The molecule has 6 nitrogen and oxygen atoms in total. The topological polar surface area (TPSA) is 79.6 Å². The molecule has 0 saturated carbocycles. The summed E-state index contributed by atoms with van der Waals surface area (Å²) in [5, 5.41) is 2.19. The Balaban J connectivity index is 1.53. The molecule has 0 aliphatic carbocycles. The maximum atomic E-state index is 12.9. The van der Waals surface area contributed by atoms with Crippen molar-refractivity contribution in [3.8, 4) is 0 Å². The number of furan rings is 1. The van der Waals surface area contributed by atoms with Crippen LogP contribution in [0.2, 0.25) is 0 Å². The summed E-state index contributed by atoms with van der Waals surface area (Å²) < 4.78 is 18.0. The van der Waals surface area contributed by atoms with Crippen molar-refractivity contribution in [1.29, 1.82) is 0 Å². The molecule has 1 N–H and O–H groups in total. The Kier molecular flexibility index (Phi) is 5.87. The van der Waals surface area contributed by atoms with Crippen LogP contribution in [0.25, 0.3) is 12.2 Å². The minimum absolute atomic E-state index is 0.0613. The summed E-state index contributed by atoms with van der Waals surface area (Å²) in [7, 11) is 0. The smallest absolute Gasteiger partial charge is 0.293 e. The van der Waals surface area contributed by atoms with Gasteiger partial charge < -0.3 is 9.73 Å². The normalized spacial score (nSPS) is 15.9. The van der Waals surface area contributed by atoms with Crippen molar-refractivity contribution in [3.05, 3.63) is 70.8 Å². The average Bonchev–Trinajstić information content (AvgIpc) is 3.26. The summed E-state index contributed by atoms with van der Waals surface area (Å²) in [6.45, 7) is 0.189. The van der Waals surface area contributed by atoms with Gasteiger partial charge in [0, 0.05) is 19.2 Å². The number of nitrogens with one attached hydrogen (secondary N) is 1. The highest BCUT2D eigenvalue weighted by atomic mass is 32.2. The number of amides is 3. The van der Waals surface area contributed by atoms with Crippen molar-refractivity contribution in [2.24, 2.45) is 0 Å². The van der Waals surface area contributed by atoms with Crippen LogP contribution in [-0.2, 0) is 9.59 Å². The van der Waals surface area contributed by atoms with E-state index in [0.717, 1.165) is 16.7 Å². The molecule has 0 atom stereocenters. The molecule has 2 aromatic rings. The zero-order chi connectivity index (χ0) is 19.2. The second-order valence-corrected chi connectivity index (χ2v) is 6.52. The van der Waals surface area contributed by atoms with Crippen LogP contribution in [0.5, 0.6) is 0 Å². The Morgan fingerprint density at radius 1 is 1.22 bits per heavy atom. The molecule has 0 radical (unpaired) electrons. The van der Waals surface area contributed by atoms with Gasteiger partial charge in [-0.15, -0.1) is 0 Å². The first kappa shape index (κ1) is 18.7. The zero-order valence-corrected chi connectivity index (χ0v) is 14.9. The Morgan fingerprint density at radius 3 is 2.70 bits per heavy atom. The minimum Gasteiger partial charge on any atom is -0.465 e. The molecule has 1 aliphatic rings. The summed E-state index contributed by atoms with van der Waals surface area (Å²) in [5.41, 5.74) is 0.623. The SMILES string of the molecule is O=C(C=Cc1ccco1)NCCN1C(=O)SC(=Cc2ccc(F)cc2)C1=O. The second kappa shape index (κ2) is 8.50. The third kappa shape index (κ3) is 4.95. The number of hydrogen-bond donors (Lipinski definition) is 1. The van der Waals surface area contributed by atoms with E-state index in [-0.39, 0.29) is 29.7 Å². The molecule has 8 heteroatoms. The number of carbonyl (C=O) groups is 3. The first-order chi connectivity index (χ1) is 13.0. The Hall–Kier alpha value is -3.13. The Bertz CT molecular complexity index is 904. The van der Waals surface area contributed by atoms with Gasteiger partial charge in [0.05, 0.1) is 11.2 Å². The summed E-state index contributed by atoms with van der Waals surface area (Å²) in [6, 6.07) is 9.02. The van der Waals surface area contributed by atoms with Crippen LogP contribution in [0.1, 0.15) is 11.3 Å². The van der Waals surface area contributed by atoms with Gasteiger partial charge in [-0.2, -0.15) is 0 Å². The van der Waals surface area contributed by atoms with E-state index in [4.69, 9.17) is 4.42 Å². The predicted molar refractivity (Wildman–Crippen MR) is 99.8 cm³/mol. The highest BCUT2D eigenvalue weighted by Gasteiger charge is 2.34. The largest absolute Gasteiger partial charge is 0.465 e. The molecular formula is C19H15FN2O4S. The lowest BCUT2D eigenvalue weighted by Gasteiger charge is -2.12. The van der Waals surface area contributed by atoms with Crippen LogP contribution in [-0.4, -0.2) is 35.0 Å². The molecule has 0 spiro atoms. The van der Waals surface area contributed by atoms with E-state index < -0.39 is 11.1 Å². The van der Waals surface area contributed by atoms with Crippen LogP contribution >= 0.6 is 11.8 Å². The lowest BCUT2D eigenvalue weighted by atomic mass is 10.2. The lowest BCUT2D eigenvalue weighted by molar-refractivity contribution is -0.123. The van der Waals surface area contributed by atoms with Crippen molar-refractivity contribution in [2.45, 2.75) is 0 Å². The van der Waals surface area contributed by atoms with E-state index in [1.165, 1.54) is 48.8 Å². The third-order valence-corrected chi connectivity index (χ3v) is 4.53. The number of thioether (sulfide) groups is 1. The average molecular weight is 386 g/mol. The van der Waals surface area contributed by atoms with Crippen LogP contribution in [0.15, 0.2) is 58.1 Å². The molecule has 1 aliphatic heterocycles. The highest BCUT2D eigenvalue weighted by molar-refractivity contribution is 8.18. The number of hydrogen-bond acceptors (Lipinski definition) is 5. The van der Waals surface area contributed by atoms with Crippen LogP contribution < -0.4 is 5.32 Å². The van der Waals surface area contributed by atoms with Crippen molar-refractivity contribution in [1.82, 2.24) is 10.2 Å². The summed E-state index contributed by atoms with van der Waals surface area (Å²) in [5.74, 6) is -0.631. The van der Waals surface area contributed by atoms with Gasteiger partial charge in [-0.3, -0.25) is 19.3 Å². The molecule has 3 rings (SSSR count). The maximum Gasteiger partial charge on any atom is 0.293 e. The third-order valence-electron chi connectivity index (χ3n) is 3.62. The van der Waals surface area contributed by atoms with Crippen LogP contribution in [0, 0.1) is 5.82 Å². The van der Waals surface area contributed by atoms with Gasteiger partial charge in [-0.25, -0.2) is 4.39 Å². The molecule has 1 aromatic carbocycles. The molecular weight excluding hydrogens is 371 g/mol. The van der Waals surface area contributed by atoms with Gasteiger partial charge in [-0.1, -0.05) is 12.1 Å². The van der Waals surface area contributed by atoms with Crippen LogP contribution in [0.3, 0.4) is 0 Å². The molecule has 138 valence electrons. The molecule has 1 fully saturated rings. The fourth-order valence-electron chi connectivity index (χ4n) is 2.30. The van der Waals surface area contributed by atoms with Gasteiger partial charge in [0.2, 0.25) is 5.91 Å². The van der Waals surface area contributed by atoms with E-state index in [0.29, 0.717) is 11.3 Å².